The van der Waals surface area contributed by atoms with Crippen LogP contribution in [-0.2, 0) is 4.79 Å². The van der Waals surface area contributed by atoms with Crippen LogP contribution in [0.4, 0.5) is 16.2 Å². The smallest absolute Gasteiger partial charge is 0.312 e. The minimum Gasteiger partial charge on any atom is -0.312 e. The molecule has 2 heterocycles. The van der Waals surface area contributed by atoms with Crippen molar-refractivity contribution in [3.05, 3.63) is 34.1 Å². The number of fused-ring (bicyclic) bond motifs is 1. The summed E-state index contributed by atoms with van der Waals surface area (Å²) in [5, 5.41) is 0.296. The first kappa shape index (κ1) is 12.9. The standard InChI is InChI=1S/C14H12ClN3O2/c1-8-10(6-5-9(16-2)12(8)15)18-13(19)11-4-3-7-17(11)14(18)20/h5-6,11H,3-4,7H2,1H3/t11-/m0/s1. The third-order valence-corrected chi connectivity index (χ3v) is 4.37. The Hall–Kier alpha value is -2.06. The van der Waals surface area contributed by atoms with Crippen LogP contribution in [-0.4, -0.2) is 29.4 Å². The van der Waals surface area contributed by atoms with Gasteiger partial charge in [0, 0.05) is 6.54 Å². The third kappa shape index (κ3) is 1.61. The van der Waals surface area contributed by atoms with Gasteiger partial charge in [-0.15, -0.1) is 0 Å². The van der Waals surface area contributed by atoms with Gasteiger partial charge in [0.1, 0.15) is 6.04 Å². The average molecular weight is 290 g/mol. The number of carbonyl (C=O) groups is 2. The van der Waals surface area contributed by atoms with Gasteiger partial charge >= 0.3 is 6.03 Å². The molecule has 3 amide bonds. The lowest BCUT2D eigenvalue weighted by atomic mass is 10.1. The van der Waals surface area contributed by atoms with Crippen molar-refractivity contribution < 1.29 is 9.59 Å². The number of carbonyl (C=O) groups excluding carboxylic acids is 2. The number of halogens is 1. The first-order valence-electron chi connectivity index (χ1n) is 6.37. The summed E-state index contributed by atoms with van der Waals surface area (Å²) < 4.78 is 0. The second-order valence-electron chi connectivity index (χ2n) is 4.96. The van der Waals surface area contributed by atoms with Gasteiger partial charge in [-0.25, -0.2) is 14.5 Å². The molecule has 2 saturated heterocycles. The lowest BCUT2D eigenvalue weighted by molar-refractivity contribution is -0.119. The maximum Gasteiger partial charge on any atom is 0.332 e. The number of nitrogens with zero attached hydrogens (tertiary/aromatic N) is 3. The van der Waals surface area contributed by atoms with Gasteiger partial charge in [-0.3, -0.25) is 4.79 Å². The summed E-state index contributed by atoms with van der Waals surface area (Å²) in [6, 6.07) is 2.54. The van der Waals surface area contributed by atoms with Crippen LogP contribution >= 0.6 is 11.6 Å². The van der Waals surface area contributed by atoms with E-state index in [4.69, 9.17) is 18.2 Å². The lowest BCUT2D eigenvalue weighted by Gasteiger charge is -2.18. The first-order chi connectivity index (χ1) is 9.56. The van der Waals surface area contributed by atoms with Gasteiger partial charge in [-0.1, -0.05) is 17.7 Å². The molecule has 0 radical (unpaired) electrons. The van der Waals surface area contributed by atoms with Crippen molar-refractivity contribution in [1.82, 2.24) is 4.90 Å². The summed E-state index contributed by atoms with van der Waals surface area (Å²) >= 11 is 6.12. The second-order valence-corrected chi connectivity index (χ2v) is 5.34. The molecule has 2 aliphatic rings. The zero-order valence-electron chi connectivity index (χ0n) is 10.9. The predicted octanol–water partition coefficient (Wildman–Crippen LogP) is 3.13. The van der Waals surface area contributed by atoms with Crippen LogP contribution in [0.5, 0.6) is 0 Å². The van der Waals surface area contributed by atoms with Gasteiger partial charge in [-0.05, 0) is 31.4 Å². The molecule has 1 atom stereocenters. The zero-order valence-corrected chi connectivity index (χ0v) is 11.6. The Kier molecular flexibility index (Phi) is 2.91. The Morgan fingerprint density at radius 2 is 2.15 bits per heavy atom. The molecule has 0 bridgehead atoms. The molecule has 6 heteroatoms. The highest BCUT2D eigenvalue weighted by molar-refractivity contribution is 6.35. The molecule has 0 N–H and O–H groups in total. The van der Waals surface area contributed by atoms with E-state index >= 15 is 0 Å². The fourth-order valence-corrected chi connectivity index (χ4v) is 3.04. The predicted molar refractivity (Wildman–Crippen MR) is 75.1 cm³/mol. The van der Waals surface area contributed by atoms with Crippen LogP contribution in [0.25, 0.3) is 4.85 Å². The quantitative estimate of drug-likeness (QED) is 0.589. The first-order valence-corrected chi connectivity index (χ1v) is 6.75. The maximum absolute atomic E-state index is 12.4. The molecule has 3 rings (SSSR count). The number of hydrogen-bond acceptors (Lipinski definition) is 2. The number of anilines is 1. The number of amides is 3. The van der Waals surface area contributed by atoms with Crippen LogP contribution in [0.1, 0.15) is 18.4 Å². The summed E-state index contributed by atoms with van der Waals surface area (Å²) in [6.45, 7) is 9.37. The molecule has 0 spiro atoms. The lowest BCUT2D eigenvalue weighted by Crippen LogP contribution is -2.33. The van der Waals surface area contributed by atoms with E-state index in [-0.39, 0.29) is 18.0 Å². The van der Waals surface area contributed by atoms with Crippen molar-refractivity contribution >= 4 is 34.9 Å². The summed E-state index contributed by atoms with van der Waals surface area (Å²) in [6.07, 6.45) is 1.58. The van der Waals surface area contributed by atoms with Crippen molar-refractivity contribution in [1.29, 1.82) is 0 Å². The molecule has 102 valence electrons. The summed E-state index contributed by atoms with van der Waals surface area (Å²) in [5.41, 5.74) is 1.39. The van der Waals surface area contributed by atoms with E-state index in [9.17, 15) is 9.59 Å². The molecule has 20 heavy (non-hydrogen) atoms. The number of urea groups is 1. The number of imide groups is 1. The molecule has 2 fully saturated rings. The van der Waals surface area contributed by atoms with E-state index in [2.05, 4.69) is 4.85 Å². The summed E-state index contributed by atoms with van der Waals surface area (Å²) in [7, 11) is 0. The van der Waals surface area contributed by atoms with Crippen molar-refractivity contribution in [2.45, 2.75) is 25.8 Å². The Morgan fingerprint density at radius 1 is 1.40 bits per heavy atom. The second kappa shape index (κ2) is 4.50. The van der Waals surface area contributed by atoms with Crippen LogP contribution < -0.4 is 4.90 Å². The van der Waals surface area contributed by atoms with Crippen molar-refractivity contribution in [3.8, 4) is 0 Å². The van der Waals surface area contributed by atoms with E-state index in [1.807, 2.05) is 0 Å². The minimum atomic E-state index is -0.332. The highest BCUT2D eigenvalue weighted by Gasteiger charge is 2.48. The molecule has 0 saturated carbocycles. The van der Waals surface area contributed by atoms with Crippen molar-refractivity contribution in [2.75, 3.05) is 11.4 Å². The number of rotatable bonds is 1. The van der Waals surface area contributed by atoms with Gasteiger partial charge in [0.25, 0.3) is 5.91 Å². The van der Waals surface area contributed by atoms with Crippen molar-refractivity contribution in [2.24, 2.45) is 0 Å². The Bertz CT molecular complexity index is 643. The highest BCUT2D eigenvalue weighted by atomic mass is 35.5. The van der Waals surface area contributed by atoms with Gasteiger partial charge in [0.05, 0.1) is 17.3 Å². The fourth-order valence-electron chi connectivity index (χ4n) is 2.84. The van der Waals surface area contributed by atoms with Gasteiger partial charge < -0.3 is 4.90 Å². The summed E-state index contributed by atoms with van der Waals surface area (Å²) in [4.78, 5) is 30.8. The summed E-state index contributed by atoms with van der Waals surface area (Å²) in [5.74, 6) is -0.192. The molecule has 0 aromatic heterocycles. The molecular weight excluding hydrogens is 278 g/mol. The molecule has 1 aromatic carbocycles. The molecule has 0 unspecified atom stereocenters. The maximum atomic E-state index is 12.4. The zero-order chi connectivity index (χ0) is 14.4. The normalized spacial score (nSPS) is 21.4. The van der Waals surface area contributed by atoms with E-state index < -0.39 is 0 Å². The Labute approximate surface area is 121 Å². The van der Waals surface area contributed by atoms with Crippen LogP contribution in [0, 0.1) is 13.5 Å². The van der Waals surface area contributed by atoms with Gasteiger partial charge in [0.15, 0.2) is 0 Å². The van der Waals surface area contributed by atoms with Crippen LogP contribution in [0.15, 0.2) is 12.1 Å². The Morgan fingerprint density at radius 3 is 2.80 bits per heavy atom. The molecular formula is C14H12ClN3O2. The topological polar surface area (TPSA) is 45.0 Å². The van der Waals surface area contributed by atoms with E-state index in [0.717, 1.165) is 6.42 Å². The molecule has 2 aliphatic heterocycles. The largest absolute Gasteiger partial charge is 0.332 e. The minimum absolute atomic E-state index is 0.192. The SMILES string of the molecule is [C-]#[N+]c1ccc(N2C(=O)[C@@H]3CCCN3C2=O)c(C)c1Cl. The van der Waals surface area contributed by atoms with Crippen molar-refractivity contribution in [3.63, 3.8) is 0 Å². The molecule has 1 aromatic rings. The van der Waals surface area contributed by atoms with E-state index in [1.165, 1.54) is 4.90 Å². The Balaban J connectivity index is 2.07. The molecule has 0 aliphatic carbocycles. The van der Waals surface area contributed by atoms with E-state index in [0.29, 0.717) is 34.9 Å². The van der Waals surface area contributed by atoms with Crippen LogP contribution in [0.2, 0.25) is 5.02 Å². The number of benzene rings is 1. The third-order valence-electron chi connectivity index (χ3n) is 3.89. The van der Waals surface area contributed by atoms with Gasteiger partial charge in [-0.2, -0.15) is 0 Å². The molecule has 5 nitrogen and oxygen atoms in total. The van der Waals surface area contributed by atoms with E-state index in [1.54, 1.807) is 24.0 Å². The fraction of sp³-hybridized carbons (Fsp3) is 0.357. The monoisotopic (exact) mass is 289 g/mol. The average Bonchev–Trinajstić information content (AvgIpc) is 3.00. The van der Waals surface area contributed by atoms with Gasteiger partial charge in [0.2, 0.25) is 5.69 Å². The highest BCUT2D eigenvalue weighted by Crippen LogP contribution is 2.38. The van der Waals surface area contributed by atoms with Crippen LogP contribution in [0.3, 0.4) is 0 Å². The number of hydrogen-bond donors (Lipinski definition) is 0.